The molecule has 0 saturated carbocycles. The molecule has 1 atom stereocenters. The fraction of sp³-hybridized carbons (Fsp3) is 0.391. The van der Waals surface area contributed by atoms with Gasteiger partial charge in [0, 0.05) is 18.1 Å². The molecule has 34 heavy (non-hydrogen) atoms. The summed E-state index contributed by atoms with van der Waals surface area (Å²) in [6.07, 6.45) is 2.62. The molecule has 0 aliphatic heterocycles. The highest BCUT2D eigenvalue weighted by molar-refractivity contribution is 7.92. The first-order chi connectivity index (χ1) is 15.9. The van der Waals surface area contributed by atoms with Crippen molar-refractivity contribution in [3.05, 3.63) is 63.9 Å². The first-order valence-electron chi connectivity index (χ1n) is 10.7. The van der Waals surface area contributed by atoms with Gasteiger partial charge in [-0.15, -0.1) is 0 Å². The molecule has 1 N–H and O–H groups in total. The summed E-state index contributed by atoms with van der Waals surface area (Å²) in [4.78, 5) is 27.4. The summed E-state index contributed by atoms with van der Waals surface area (Å²) in [5.74, 6) is -1.44. The fourth-order valence-electron chi connectivity index (χ4n) is 3.18. The topological polar surface area (TPSA) is 86.8 Å². The van der Waals surface area contributed by atoms with Crippen LogP contribution < -0.4 is 9.62 Å². The molecular weight excluding hydrogens is 504 g/mol. The van der Waals surface area contributed by atoms with E-state index in [2.05, 4.69) is 5.32 Å². The maximum atomic E-state index is 13.4. The second-order valence-corrected chi connectivity index (χ2v) is 10.6. The van der Waals surface area contributed by atoms with Crippen molar-refractivity contribution in [3.63, 3.8) is 0 Å². The lowest BCUT2D eigenvalue weighted by molar-refractivity contribution is -0.139. The van der Waals surface area contributed by atoms with Crippen LogP contribution in [-0.2, 0) is 26.2 Å². The summed E-state index contributed by atoms with van der Waals surface area (Å²) >= 11 is 12.1. The number of hydrogen-bond acceptors (Lipinski definition) is 4. The van der Waals surface area contributed by atoms with Crippen LogP contribution in [0.15, 0.2) is 42.5 Å². The Kier molecular flexibility index (Phi) is 10.1. The van der Waals surface area contributed by atoms with Gasteiger partial charge in [0.15, 0.2) is 0 Å². The number of sulfonamides is 1. The van der Waals surface area contributed by atoms with Crippen LogP contribution in [0.25, 0.3) is 0 Å². The third kappa shape index (κ3) is 7.85. The minimum Gasteiger partial charge on any atom is -0.354 e. The Hall–Kier alpha value is -2.36. The Morgan fingerprint density at radius 3 is 2.32 bits per heavy atom. The number of benzene rings is 2. The minimum absolute atomic E-state index is 0.0204. The van der Waals surface area contributed by atoms with Gasteiger partial charge >= 0.3 is 0 Å². The molecule has 11 heteroatoms. The predicted molar refractivity (Wildman–Crippen MR) is 133 cm³/mol. The highest BCUT2D eigenvalue weighted by atomic mass is 35.5. The van der Waals surface area contributed by atoms with E-state index < -0.39 is 34.3 Å². The van der Waals surface area contributed by atoms with Crippen molar-refractivity contribution in [1.82, 2.24) is 10.2 Å². The predicted octanol–water partition coefficient (Wildman–Crippen LogP) is 4.23. The van der Waals surface area contributed by atoms with Crippen LogP contribution in [0.3, 0.4) is 0 Å². The molecule has 186 valence electrons. The zero-order valence-corrected chi connectivity index (χ0v) is 21.6. The number of rotatable bonds is 11. The number of hydrogen-bond donors (Lipinski definition) is 1. The van der Waals surface area contributed by atoms with Crippen molar-refractivity contribution < 1.29 is 22.4 Å². The molecule has 2 amide bonds. The zero-order valence-electron chi connectivity index (χ0n) is 19.2. The third-order valence-electron chi connectivity index (χ3n) is 5.12. The van der Waals surface area contributed by atoms with Gasteiger partial charge in [-0.2, -0.15) is 0 Å². The molecular formula is C23H28Cl2FN3O4S. The number of anilines is 1. The van der Waals surface area contributed by atoms with Gasteiger partial charge in [-0.1, -0.05) is 48.7 Å². The van der Waals surface area contributed by atoms with Crippen LogP contribution in [0.5, 0.6) is 0 Å². The summed E-state index contributed by atoms with van der Waals surface area (Å²) in [5.41, 5.74) is 0.669. The average molecular weight is 532 g/mol. The van der Waals surface area contributed by atoms with Gasteiger partial charge < -0.3 is 10.2 Å². The lowest BCUT2D eigenvalue weighted by atomic mass is 10.1. The second-order valence-electron chi connectivity index (χ2n) is 7.83. The molecule has 2 aromatic rings. The van der Waals surface area contributed by atoms with Crippen LogP contribution in [0.2, 0.25) is 10.0 Å². The molecule has 0 radical (unpaired) electrons. The summed E-state index contributed by atoms with van der Waals surface area (Å²) in [6.45, 7) is 3.39. The van der Waals surface area contributed by atoms with Crippen molar-refractivity contribution in [2.24, 2.45) is 0 Å². The maximum Gasteiger partial charge on any atom is 0.244 e. The van der Waals surface area contributed by atoms with Crippen molar-refractivity contribution >= 4 is 50.7 Å². The van der Waals surface area contributed by atoms with Crippen LogP contribution in [-0.4, -0.2) is 50.5 Å². The van der Waals surface area contributed by atoms with Gasteiger partial charge in [-0.3, -0.25) is 13.9 Å². The van der Waals surface area contributed by atoms with E-state index in [1.54, 1.807) is 6.92 Å². The molecule has 1 unspecified atom stereocenters. The van der Waals surface area contributed by atoms with Gasteiger partial charge in [-0.25, -0.2) is 12.8 Å². The Bertz CT molecular complexity index is 1110. The summed E-state index contributed by atoms with van der Waals surface area (Å²) in [7, 11) is -3.92. The number of nitrogens with one attached hydrogen (secondary N) is 1. The number of unbranched alkanes of at least 4 members (excludes halogenated alkanes) is 1. The number of nitrogens with zero attached hydrogens (tertiary/aromatic N) is 2. The van der Waals surface area contributed by atoms with E-state index in [0.717, 1.165) is 23.4 Å². The monoisotopic (exact) mass is 531 g/mol. The summed E-state index contributed by atoms with van der Waals surface area (Å²) in [5, 5.41) is 3.15. The highest BCUT2D eigenvalue weighted by Gasteiger charge is 2.30. The van der Waals surface area contributed by atoms with E-state index >= 15 is 0 Å². The molecule has 0 heterocycles. The number of carbonyl (C=O) groups excluding carboxylic acids is 2. The molecule has 0 aliphatic rings. The van der Waals surface area contributed by atoms with Crippen LogP contribution in [0.1, 0.15) is 32.3 Å². The SMILES string of the molecule is CCCCNC(=O)C(C)N(Cc1ccc(F)cc1)C(=O)CN(c1ccc(Cl)cc1Cl)S(C)(=O)=O. The van der Waals surface area contributed by atoms with Crippen molar-refractivity contribution in [2.45, 2.75) is 39.3 Å². The van der Waals surface area contributed by atoms with Gasteiger partial charge in [0.25, 0.3) is 0 Å². The lowest BCUT2D eigenvalue weighted by Crippen LogP contribution is -2.51. The Morgan fingerprint density at radius 2 is 1.76 bits per heavy atom. The molecule has 7 nitrogen and oxygen atoms in total. The molecule has 2 rings (SSSR count). The van der Waals surface area contributed by atoms with E-state index in [1.165, 1.54) is 47.4 Å². The zero-order chi connectivity index (χ0) is 25.5. The van der Waals surface area contributed by atoms with Crippen LogP contribution >= 0.6 is 23.2 Å². The van der Waals surface area contributed by atoms with Crippen molar-refractivity contribution in [3.8, 4) is 0 Å². The highest BCUT2D eigenvalue weighted by Crippen LogP contribution is 2.30. The van der Waals surface area contributed by atoms with Crippen molar-refractivity contribution in [2.75, 3.05) is 23.7 Å². The van der Waals surface area contributed by atoms with E-state index in [0.29, 0.717) is 17.1 Å². The molecule has 0 saturated heterocycles. The normalized spacial score (nSPS) is 12.2. The Morgan fingerprint density at radius 1 is 1.12 bits per heavy atom. The smallest absolute Gasteiger partial charge is 0.244 e. The molecule has 0 aliphatic carbocycles. The average Bonchev–Trinajstić information content (AvgIpc) is 2.76. The van der Waals surface area contributed by atoms with Gasteiger partial charge in [0.2, 0.25) is 21.8 Å². The van der Waals surface area contributed by atoms with Crippen LogP contribution in [0, 0.1) is 5.82 Å². The van der Waals surface area contributed by atoms with E-state index in [4.69, 9.17) is 23.2 Å². The van der Waals surface area contributed by atoms with Gasteiger partial charge in [-0.05, 0) is 49.2 Å². The number of amides is 2. The number of carbonyl (C=O) groups is 2. The van der Waals surface area contributed by atoms with Gasteiger partial charge in [0.1, 0.15) is 18.4 Å². The maximum absolute atomic E-state index is 13.4. The first kappa shape index (κ1) is 27.9. The summed E-state index contributed by atoms with van der Waals surface area (Å²) < 4.78 is 39.3. The molecule has 0 spiro atoms. The first-order valence-corrected chi connectivity index (χ1v) is 13.3. The minimum atomic E-state index is -3.92. The molecule has 2 aromatic carbocycles. The summed E-state index contributed by atoms with van der Waals surface area (Å²) in [6, 6.07) is 8.84. The van der Waals surface area contributed by atoms with E-state index in [9.17, 15) is 22.4 Å². The lowest BCUT2D eigenvalue weighted by Gasteiger charge is -2.31. The second kappa shape index (κ2) is 12.4. The largest absolute Gasteiger partial charge is 0.354 e. The molecule has 0 fully saturated rings. The quantitative estimate of drug-likeness (QED) is 0.439. The number of halogens is 3. The van der Waals surface area contributed by atoms with Crippen molar-refractivity contribution in [1.29, 1.82) is 0 Å². The fourth-order valence-corrected chi connectivity index (χ4v) is 4.61. The standard InChI is InChI=1S/C23H28Cl2FN3O4S/c1-4-5-12-27-23(31)16(2)28(14-17-6-9-19(26)10-7-17)22(30)15-29(34(3,32)33)21-11-8-18(24)13-20(21)25/h6-11,13,16H,4-5,12,14-15H2,1-3H3,(H,27,31). The van der Waals surface area contributed by atoms with E-state index in [-0.39, 0.29) is 23.2 Å². The molecule has 0 aromatic heterocycles. The van der Waals surface area contributed by atoms with Crippen LogP contribution in [0.4, 0.5) is 10.1 Å². The molecule has 0 bridgehead atoms. The Balaban J connectivity index is 2.37. The van der Waals surface area contributed by atoms with Gasteiger partial charge in [0.05, 0.1) is 17.0 Å². The third-order valence-corrected chi connectivity index (χ3v) is 6.78. The Labute approximate surface area is 209 Å². The van der Waals surface area contributed by atoms with E-state index in [1.807, 2.05) is 6.92 Å².